The standard InChI is InChI=1S/C27H30ClN9/c1-27(2,3)12-21-17-37-16-20(5-7-24(37)32-21)34-26-31-15-22(28)25(35-26)33-19-8-10-36(11-9-19)23-6-4-18(13-29)14-30-23/h4-7,14-17,19H,8-12H2,1-3H3,(H2,31,33,34,35). The lowest BCUT2D eigenvalue weighted by Crippen LogP contribution is -2.39. The van der Waals surface area contributed by atoms with Crippen LogP contribution in [0.3, 0.4) is 0 Å². The van der Waals surface area contributed by atoms with Crippen LogP contribution in [-0.2, 0) is 6.42 Å². The van der Waals surface area contributed by atoms with Crippen molar-refractivity contribution in [2.24, 2.45) is 5.41 Å². The summed E-state index contributed by atoms with van der Waals surface area (Å²) < 4.78 is 2.02. The monoisotopic (exact) mass is 515 g/mol. The second kappa shape index (κ2) is 10.2. The first-order valence-corrected chi connectivity index (χ1v) is 12.8. The van der Waals surface area contributed by atoms with E-state index in [9.17, 15) is 0 Å². The number of imidazole rings is 1. The predicted octanol–water partition coefficient (Wildman–Crippen LogP) is 5.46. The van der Waals surface area contributed by atoms with E-state index >= 15 is 0 Å². The lowest BCUT2D eigenvalue weighted by atomic mass is 9.91. The van der Waals surface area contributed by atoms with Gasteiger partial charge in [-0.2, -0.15) is 10.2 Å². The summed E-state index contributed by atoms with van der Waals surface area (Å²) in [5.74, 6) is 1.98. The zero-order valence-electron chi connectivity index (χ0n) is 21.2. The first kappa shape index (κ1) is 24.8. The van der Waals surface area contributed by atoms with Crippen molar-refractivity contribution in [3.8, 4) is 6.07 Å². The molecule has 1 aliphatic heterocycles. The Labute approximate surface area is 221 Å². The molecule has 1 fully saturated rings. The maximum atomic E-state index is 8.97. The number of halogens is 1. The van der Waals surface area contributed by atoms with Crippen molar-refractivity contribution < 1.29 is 0 Å². The first-order chi connectivity index (χ1) is 17.8. The second-order valence-corrected chi connectivity index (χ2v) is 11.0. The second-order valence-electron chi connectivity index (χ2n) is 10.6. The highest BCUT2D eigenvalue weighted by atomic mass is 35.5. The maximum Gasteiger partial charge on any atom is 0.229 e. The number of fused-ring (bicyclic) bond motifs is 1. The number of pyridine rings is 2. The Bertz CT molecular complexity index is 1430. The third kappa shape index (κ3) is 6.09. The molecule has 0 amide bonds. The Hall–Kier alpha value is -3.90. The molecule has 0 unspecified atom stereocenters. The molecule has 37 heavy (non-hydrogen) atoms. The van der Waals surface area contributed by atoms with Gasteiger partial charge in [-0.15, -0.1) is 0 Å². The molecule has 10 heteroatoms. The van der Waals surface area contributed by atoms with E-state index in [4.69, 9.17) is 21.8 Å². The third-order valence-corrected chi connectivity index (χ3v) is 6.53. The summed E-state index contributed by atoms with van der Waals surface area (Å²) in [6, 6.07) is 10.0. The molecule has 0 saturated carbocycles. The van der Waals surface area contributed by atoms with Gasteiger partial charge >= 0.3 is 0 Å². The summed E-state index contributed by atoms with van der Waals surface area (Å²) in [6.07, 6.45) is 10.0. The highest BCUT2D eigenvalue weighted by Gasteiger charge is 2.21. The van der Waals surface area contributed by atoms with E-state index in [1.54, 1.807) is 18.5 Å². The molecule has 0 aliphatic carbocycles. The van der Waals surface area contributed by atoms with Crippen LogP contribution >= 0.6 is 11.6 Å². The average molecular weight is 516 g/mol. The molecule has 0 radical (unpaired) electrons. The van der Waals surface area contributed by atoms with Crippen molar-refractivity contribution in [2.45, 2.75) is 46.1 Å². The van der Waals surface area contributed by atoms with Crippen molar-refractivity contribution in [3.05, 3.63) is 65.3 Å². The molecule has 190 valence electrons. The van der Waals surface area contributed by atoms with Gasteiger partial charge in [0.1, 0.15) is 22.6 Å². The fourth-order valence-electron chi connectivity index (χ4n) is 4.49. The molecule has 5 heterocycles. The van der Waals surface area contributed by atoms with Gasteiger partial charge in [0.2, 0.25) is 5.95 Å². The Balaban J connectivity index is 1.22. The lowest BCUT2D eigenvalue weighted by Gasteiger charge is -2.33. The molecule has 0 aromatic carbocycles. The van der Waals surface area contributed by atoms with Crippen LogP contribution in [0.2, 0.25) is 5.02 Å². The molecular weight excluding hydrogens is 486 g/mol. The van der Waals surface area contributed by atoms with Crippen molar-refractivity contribution in [2.75, 3.05) is 28.6 Å². The topological polar surface area (TPSA) is 107 Å². The number of hydrogen-bond donors (Lipinski definition) is 2. The van der Waals surface area contributed by atoms with Gasteiger partial charge in [0.25, 0.3) is 0 Å². The number of hydrogen-bond acceptors (Lipinski definition) is 8. The lowest BCUT2D eigenvalue weighted by molar-refractivity contribution is 0.407. The molecule has 0 atom stereocenters. The van der Waals surface area contributed by atoms with Crippen molar-refractivity contribution in [1.29, 1.82) is 5.26 Å². The quantitative estimate of drug-likeness (QED) is 0.348. The highest BCUT2D eigenvalue weighted by Crippen LogP contribution is 2.26. The van der Waals surface area contributed by atoms with Gasteiger partial charge in [-0.1, -0.05) is 32.4 Å². The number of anilines is 4. The minimum absolute atomic E-state index is 0.177. The fraction of sp³-hybridized carbons (Fsp3) is 0.370. The number of nitrogens with one attached hydrogen (secondary N) is 2. The van der Waals surface area contributed by atoms with Crippen LogP contribution in [0, 0.1) is 16.7 Å². The average Bonchev–Trinajstić information content (AvgIpc) is 3.26. The van der Waals surface area contributed by atoms with Gasteiger partial charge in [0.15, 0.2) is 5.82 Å². The number of nitrogens with zero attached hydrogens (tertiary/aromatic N) is 7. The minimum atomic E-state index is 0.177. The van der Waals surface area contributed by atoms with Crippen LogP contribution in [0.25, 0.3) is 5.65 Å². The predicted molar refractivity (Wildman–Crippen MR) is 146 cm³/mol. The summed E-state index contributed by atoms with van der Waals surface area (Å²) in [7, 11) is 0. The van der Waals surface area contributed by atoms with E-state index in [1.807, 2.05) is 28.8 Å². The Kier molecular flexibility index (Phi) is 6.85. The number of nitriles is 1. The van der Waals surface area contributed by atoms with E-state index in [0.29, 0.717) is 22.4 Å². The van der Waals surface area contributed by atoms with Crippen LogP contribution in [0.5, 0.6) is 0 Å². The van der Waals surface area contributed by atoms with E-state index in [0.717, 1.165) is 55.2 Å². The van der Waals surface area contributed by atoms with Crippen LogP contribution in [0.1, 0.15) is 44.9 Å². The molecular formula is C27H30ClN9. The van der Waals surface area contributed by atoms with Gasteiger partial charge in [0, 0.05) is 37.7 Å². The smallest absolute Gasteiger partial charge is 0.229 e. The highest BCUT2D eigenvalue weighted by molar-refractivity contribution is 6.32. The van der Waals surface area contributed by atoms with E-state index in [2.05, 4.69) is 63.5 Å². The molecule has 0 bridgehead atoms. The molecule has 2 N–H and O–H groups in total. The molecule has 9 nitrogen and oxygen atoms in total. The normalized spacial score (nSPS) is 14.5. The van der Waals surface area contributed by atoms with Gasteiger partial charge in [-0.25, -0.2) is 15.0 Å². The van der Waals surface area contributed by atoms with Gasteiger partial charge < -0.3 is 19.9 Å². The number of aromatic nitrogens is 5. The van der Waals surface area contributed by atoms with Crippen LogP contribution in [-0.4, -0.2) is 43.5 Å². The van der Waals surface area contributed by atoms with Crippen molar-refractivity contribution in [3.63, 3.8) is 0 Å². The van der Waals surface area contributed by atoms with E-state index < -0.39 is 0 Å². The van der Waals surface area contributed by atoms with Crippen LogP contribution in [0.15, 0.2) is 49.1 Å². The van der Waals surface area contributed by atoms with E-state index in [-0.39, 0.29) is 11.5 Å². The number of piperidine rings is 1. The van der Waals surface area contributed by atoms with Crippen LogP contribution < -0.4 is 15.5 Å². The summed E-state index contributed by atoms with van der Waals surface area (Å²) >= 11 is 6.43. The first-order valence-electron chi connectivity index (χ1n) is 12.4. The molecule has 4 aromatic rings. The van der Waals surface area contributed by atoms with E-state index in [1.165, 1.54) is 0 Å². The molecule has 0 spiro atoms. The van der Waals surface area contributed by atoms with Gasteiger partial charge in [-0.3, -0.25) is 0 Å². The van der Waals surface area contributed by atoms with Gasteiger partial charge in [0.05, 0.1) is 23.1 Å². The minimum Gasteiger partial charge on any atom is -0.366 e. The summed E-state index contributed by atoms with van der Waals surface area (Å²) in [4.78, 5) is 20.4. The molecule has 1 saturated heterocycles. The summed E-state index contributed by atoms with van der Waals surface area (Å²) in [5.41, 5.74) is 3.59. The van der Waals surface area contributed by atoms with Crippen LogP contribution in [0.4, 0.5) is 23.3 Å². The fourth-order valence-corrected chi connectivity index (χ4v) is 4.64. The zero-order valence-corrected chi connectivity index (χ0v) is 22.0. The Morgan fingerprint density at radius 3 is 2.57 bits per heavy atom. The van der Waals surface area contributed by atoms with Gasteiger partial charge in [-0.05, 0) is 48.9 Å². The van der Waals surface area contributed by atoms with Crippen molar-refractivity contribution >= 4 is 40.5 Å². The Morgan fingerprint density at radius 1 is 1.05 bits per heavy atom. The maximum absolute atomic E-state index is 8.97. The third-order valence-electron chi connectivity index (χ3n) is 6.25. The molecule has 4 aromatic heterocycles. The zero-order chi connectivity index (χ0) is 26.0. The Morgan fingerprint density at radius 2 is 1.86 bits per heavy atom. The number of rotatable bonds is 6. The molecule has 1 aliphatic rings. The SMILES string of the molecule is CC(C)(C)Cc1cn2cc(Nc3ncc(Cl)c(NC4CCN(c5ccc(C#N)cn5)CC4)n3)ccc2n1. The van der Waals surface area contributed by atoms with Crippen molar-refractivity contribution in [1.82, 2.24) is 24.3 Å². The largest absolute Gasteiger partial charge is 0.366 e. The summed E-state index contributed by atoms with van der Waals surface area (Å²) in [6.45, 7) is 8.34. The molecule has 5 rings (SSSR count). The summed E-state index contributed by atoms with van der Waals surface area (Å²) in [5, 5.41) is 16.2.